The van der Waals surface area contributed by atoms with Gasteiger partial charge in [0.25, 0.3) is 0 Å². The zero-order chi connectivity index (χ0) is 6.24. The van der Waals surface area contributed by atoms with Gasteiger partial charge in [-0.2, -0.15) is 0 Å². The first kappa shape index (κ1) is 49.2. The minimum absolute atomic E-state index is 0. The lowest BCUT2D eigenvalue weighted by Gasteiger charge is -1.91. The zero-order valence-electron chi connectivity index (χ0n) is 5.68. The highest BCUT2D eigenvalue weighted by Crippen LogP contribution is 1.89. The summed E-state index contributed by atoms with van der Waals surface area (Å²) in [4.78, 5) is 0. The van der Waals surface area contributed by atoms with Gasteiger partial charge in [0, 0.05) is 13.7 Å². The Balaban J connectivity index is -0.0000000163. The molecule has 1 heteroatoms. The van der Waals surface area contributed by atoms with Crippen LogP contribution in [0.4, 0.5) is 0 Å². The highest BCUT2D eigenvalue weighted by atomic mass is 16.5. The highest BCUT2D eigenvalue weighted by Gasteiger charge is 1.78. The summed E-state index contributed by atoms with van der Waals surface area (Å²) < 4.78 is 4.85. The lowest BCUT2D eigenvalue weighted by Crippen LogP contribution is -1.85. The van der Waals surface area contributed by atoms with E-state index in [9.17, 15) is 0 Å². The molecule has 0 heterocycles. The van der Waals surface area contributed by atoms with Gasteiger partial charge in [0.15, 0.2) is 0 Å². The first-order chi connectivity index (χ1) is 3.91. The van der Waals surface area contributed by atoms with Crippen LogP contribution < -0.4 is 0 Å². The van der Waals surface area contributed by atoms with E-state index < -0.39 is 0 Å². The van der Waals surface area contributed by atoms with Gasteiger partial charge >= 0.3 is 0 Å². The Bertz CT molecular complexity index is 58.3. The molecular formula is C13H38O. The van der Waals surface area contributed by atoms with Crippen LogP contribution in [0.2, 0.25) is 0 Å². The van der Waals surface area contributed by atoms with Crippen LogP contribution in [-0.2, 0) is 4.74 Å². The average molecular weight is 210 g/mol. The maximum absolute atomic E-state index is 4.85. The zero-order valence-corrected chi connectivity index (χ0v) is 5.68. The molecule has 0 aromatic heterocycles. The van der Waals surface area contributed by atoms with Crippen LogP contribution in [0.5, 0.6) is 0 Å². The molecule has 0 fully saturated rings. The molecular weight excluding hydrogens is 172 g/mol. The molecule has 0 spiro atoms. The average Bonchev–Trinajstić information content (AvgIpc) is 1.81. The largest absolute Gasteiger partial charge is 0.385 e. The summed E-state index contributed by atoms with van der Waals surface area (Å²) in [5.74, 6) is 0. The molecule has 0 aliphatic carbocycles. The summed E-state index contributed by atoms with van der Waals surface area (Å²) >= 11 is 0. The molecule has 0 radical (unpaired) electrons. The van der Waals surface area contributed by atoms with Crippen molar-refractivity contribution >= 4 is 0 Å². The molecule has 0 rings (SSSR count). The van der Waals surface area contributed by atoms with Gasteiger partial charge < -0.3 is 4.74 Å². The Kier molecular flexibility index (Phi) is 188. The molecule has 0 N–H and O–H groups in total. The molecule has 0 aromatic carbocycles. The second-order valence-electron chi connectivity index (χ2n) is 1.70. The summed E-state index contributed by atoms with van der Waals surface area (Å²) in [6.45, 7) is 2.91. The van der Waals surface area contributed by atoms with Gasteiger partial charge in [-0.15, -0.1) is 0 Å². The fourth-order valence-corrected chi connectivity index (χ4v) is 0.512. The van der Waals surface area contributed by atoms with Crippen molar-refractivity contribution < 1.29 is 4.74 Å². The van der Waals surface area contributed by atoms with Gasteiger partial charge in [0.05, 0.1) is 0 Å². The van der Waals surface area contributed by atoms with Crippen molar-refractivity contribution in [1.82, 2.24) is 0 Å². The number of hydrogen-bond donors (Lipinski definition) is 0. The van der Waals surface area contributed by atoms with Crippen LogP contribution in [0, 0.1) is 0 Å². The number of unbranched alkanes of at least 4 members (excludes halogenated alkanes) is 1. The van der Waals surface area contributed by atoms with Gasteiger partial charge in [0.2, 0.25) is 0 Å². The third-order valence-electron chi connectivity index (χ3n) is 0.955. The first-order valence-corrected chi connectivity index (χ1v) is 3.02. The van der Waals surface area contributed by atoms with E-state index in [1.165, 1.54) is 0 Å². The monoisotopic (exact) mass is 210 g/mol. The molecule has 96 valence electrons. The van der Waals surface area contributed by atoms with Crippen molar-refractivity contribution in [3.63, 3.8) is 0 Å². The van der Waals surface area contributed by atoms with Crippen molar-refractivity contribution in [3.8, 4) is 0 Å². The van der Waals surface area contributed by atoms with E-state index in [2.05, 4.69) is 12.2 Å². The van der Waals surface area contributed by atoms with Crippen molar-refractivity contribution in [3.05, 3.63) is 12.2 Å². The molecule has 0 saturated carbocycles. The lowest BCUT2D eigenvalue weighted by molar-refractivity contribution is 0.196. The van der Waals surface area contributed by atoms with Crippen LogP contribution in [0.1, 0.15) is 64.3 Å². The predicted molar refractivity (Wildman–Crippen MR) is 76.3 cm³/mol. The Labute approximate surface area is 95.6 Å². The minimum Gasteiger partial charge on any atom is -0.385 e. The Morgan fingerprint density at radius 1 is 0.929 bits per heavy atom. The normalized spacial score (nSPS) is 6.14. The standard InChI is InChI=1S/C7H14O.6CH4/c1-3-4-5-6-7-8-2;;;;;;/h3-4H,5-7H2,1-2H3;6*1H4. The second kappa shape index (κ2) is 53.5. The fourth-order valence-electron chi connectivity index (χ4n) is 0.512. The SMILES string of the molecule is C.C.C.C.C.C.CC=CCCCOC. The quantitative estimate of drug-likeness (QED) is 0.420. The minimum atomic E-state index is 0. The van der Waals surface area contributed by atoms with Crippen LogP contribution in [0.25, 0.3) is 0 Å². The van der Waals surface area contributed by atoms with Crippen LogP contribution in [0.3, 0.4) is 0 Å². The molecule has 0 atom stereocenters. The van der Waals surface area contributed by atoms with Gasteiger partial charge in [0.1, 0.15) is 0 Å². The van der Waals surface area contributed by atoms with Crippen LogP contribution >= 0.6 is 0 Å². The topological polar surface area (TPSA) is 9.23 Å². The Morgan fingerprint density at radius 2 is 1.36 bits per heavy atom. The fraction of sp³-hybridized carbons (Fsp3) is 0.846. The van der Waals surface area contributed by atoms with Crippen molar-refractivity contribution in [1.29, 1.82) is 0 Å². The van der Waals surface area contributed by atoms with E-state index in [4.69, 9.17) is 4.74 Å². The number of hydrogen-bond acceptors (Lipinski definition) is 1. The molecule has 0 saturated heterocycles. The van der Waals surface area contributed by atoms with E-state index in [-0.39, 0.29) is 44.6 Å². The molecule has 0 unspecified atom stereocenters. The Hall–Kier alpha value is -0.300. The lowest BCUT2D eigenvalue weighted by atomic mass is 10.3. The third-order valence-corrected chi connectivity index (χ3v) is 0.955. The third kappa shape index (κ3) is 60.6. The molecule has 0 aliphatic rings. The van der Waals surface area contributed by atoms with Gasteiger partial charge in [-0.05, 0) is 19.8 Å². The van der Waals surface area contributed by atoms with Crippen molar-refractivity contribution in [2.24, 2.45) is 0 Å². The Morgan fingerprint density at radius 3 is 1.64 bits per heavy atom. The van der Waals surface area contributed by atoms with E-state index in [1.807, 2.05) is 6.92 Å². The molecule has 0 aromatic rings. The molecule has 0 aliphatic heterocycles. The number of rotatable bonds is 4. The number of methoxy groups -OCH3 is 1. The number of allylic oxidation sites excluding steroid dienone is 2. The van der Waals surface area contributed by atoms with Gasteiger partial charge in [-0.25, -0.2) is 0 Å². The summed E-state index contributed by atoms with van der Waals surface area (Å²) in [5, 5.41) is 0. The van der Waals surface area contributed by atoms with E-state index >= 15 is 0 Å². The van der Waals surface area contributed by atoms with E-state index in [0.717, 1.165) is 19.4 Å². The second-order valence-corrected chi connectivity index (χ2v) is 1.70. The molecule has 0 bridgehead atoms. The molecule has 0 amide bonds. The maximum Gasteiger partial charge on any atom is 0.0465 e. The van der Waals surface area contributed by atoms with Gasteiger partial charge in [-0.3, -0.25) is 0 Å². The number of ether oxygens (including phenoxy) is 1. The van der Waals surface area contributed by atoms with E-state index in [0.29, 0.717) is 0 Å². The molecule has 14 heavy (non-hydrogen) atoms. The van der Waals surface area contributed by atoms with Crippen LogP contribution in [-0.4, -0.2) is 13.7 Å². The van der Waals surface area contributed by atoms with E-state index in [1.54, 1.807) is 7.11 Å². The van der Waals surface area contributed by atoms with Crippen molar-refractivity contribution in [2.45, 2.75) is 64.3 Å². The summed E-state index contributed by atoms with van der Waals surface area (Å²) in [5.41, 5.74) is 0. The smallest absolute Gasteiger partial charge is 0.0465 e. The van der Waals surface area contributed by atoms with Gasteiger partial charge in [-0.1, -0.05) is 56.7 Å². The highest BCUT2D eigenvalue weighted by molar-refractivity contribution is 4.75. The van der Waals surface area contributed by atoms with Crippen molar-refractivity contribution in [2.75, 3.05) is 13.7 Å². The summed E-state index contributed by atoms with van der Waals surface area (Å²) in [6, 6.07) is 0. The summed E-state index contributed by atoms with van der Waals surface area (Å²) in [6.07, 6.45) is 6.50. The first-order valence-electron chi connectivity index (χ1n) is 3.02. The maximum atomic E-state index is 4.85. The van der Waals surface area contributed by atoms with Crippen LogP contribution in [0.15, 0.2) is 12.2 Å². The molecule has 1 nitrogen and oxygen atoms in total. The predicted octanol–water partition coefficient (Wildman–Crippen LogP) is 5.81. The summed E-state index contributed by atoms with van der Waals surface area (Å²) in [7, 11) is 1.73.